The summed E-state index contributed by atoms with van der Waals surface area (Å²) < 4.78 is 5.65. The monoisotopic (exact) mass is 278 g/mol. The molecule has 0 aliphatic carbocycles. The highest BCUT2D eigenvalue weighted by atomic mass is 16.5. The Balaban J connectivity index is 1.74. The zero-order chi connectivity index (χ0) is 14.5. The van der Waals surface area contributed by atoms with Crippen LogP contribution in [0, 0.1) is 18.8 Å². The predicted octanol–water partition coefficient (Wildman–Crippen LogP) is 1.30. The molecule has 0 saturated carbocycles. The molecule has 3 atom stereocenters. The van der Waals surface area contributed by atoms with E-state index in [0.717, 1.165) is 24.1 Å². The fourth-order valence-corrected chi connectivity index (χ4v) is 3.31. The number of ether oxygens (including phenoxy) is 1. The minimum atomic E-state index is -0.385. The van der Waals surface area contributed by atoms with Crippen LogP contribution >= 0.6 is 0 Å². The molecule has 0 radical (unpaired) electrons. The number of hydrogen-bond donors (Lipinski definition) is 2. The topological polar surface area (TPSA) is 33.9 Å². The maximum Gasteiger partial charge on any atom is 0.137 e. The largest absolute Gasteiger partial charge is 0.491 e. The van der Waals surface area contributed by atoms with Crippen molar-refractivity contribution in [3.63, 3.8) is 0 Å². The van der Waals surface area contributed by atoms with E-state index in [-0.39, 0.29) is 6.10 Å². The zero-order valence-corrected chi connectivity index (χ0v) is 12.9. The van der Waals surface area contributed by atoms with Crippen molar-refractivity contribution in [2.75, 3.05) is 26.2 Å². The Bertz CT molecular complexity index is 394. The summed E-state index contributed by atoms with van der Waals surface area (Å²) in [5, 5.41) is 10.1. The van der Waals surface area contributed by atoms with Crippen molar-refractivity contribution in [3.8, 4) is 5.75 Å². The van der Waals surface area contributed by atoms with Gasteiger partial charge in [-0.3, -0.25) is 0 Å². The molecule has 0 amide bonds. The normalized spacial score (nSPS) is 28.1. The van der Waals surface area contributed by atoms with Gasteiger partial charge in [0.05, 0.1) is 13.1 Å². The lowest BCUT2D eigenvalue weighted by atomic mass is 9.92. The van der Waals surface area contributed by atoms with Crippen LogP contribution in [0.2, 0.25) is 0 Å². The number of benzene rings is 1. The molecule has 2 N–H and O–H groups in total. The van der Waals surface area contributed by atoms with Gasteiger partial charge < -0.3 is 14.7 Å². The van der Waals surface area contributed by atoms with Crippen molar-refractivity contribution in [1.82, 2.24) is 0 Å². The van der Waals surface area contributed by atoms with Gasteiger partial charge in [-0.15, -0.1) is 0 Å². The van der Waals surface area contributed by atoms with Crippen LogP contribution in [-0.2, 0) is 0 Å². The second-order valence-corrected chi connectivity index (χ2v) is 6.59. The minimum Gasteiger partial charge on any atom is -0.491 e. The van der Waals surface area contributed by atoms with E-state index in [9.17, 15) is 5.11 Å². The van der Waals surface area contributed by atoms with E-state index in [2.05, 4.69) is 20.8 Å². The van der Waals surface area contributed by atoms with Crippen molar-refractivity contribution < 1.29 is 14.7 Å². The van der Waals surface area contributed by atoms with Crippen LogP contribution in [-0.4, -0.2) is 37.5 Å². The highest BCUT2D eigenvalue weighted by Gasteiger charge is 2.26. The molecule has 1 aliphatic rings. The second kappa shape index (κ2) is 7.09. The first-order chi connectivity index (χ1) is 9.52. The molecule has 3 heteroatoms. The number of nitrogens with one attached hydrogen (secondary N) is 1. The molecular formula is C17H28NO2+. The Hall–Kier alpha value is -1.06. The third kappa shape index (κ3) is 4.80. The Labute approximate surface area is 122 Å². The summed E-state index contributed by atoms with van der Waals surface area (Å²) in [5.41, 5.74) is 1.22. The van der Waals surface area contributed by atoms with Gasteiger partial charge in [-0.2, -0.15) is 0 Å². The summed E-state index contributed by atoms with van der Waals surface area (Å²) >= 11 is 0. The summed E-state index contributed by atoms with van der Waals surface area (Å²) in [7, 11) is 0. The minimum absolute atomic E-state index is 0.384. The average Bonchev–Trinajstić information content (AvgIpc) is 2.37. The zero-order valence-electron chi connectivity index (χ0n) is 12.9. The summed E-state index contributed by atoms with van der Waals surface area (Å²) in [6.07, 6.45) is 0.934. The van der Waals surface area contributed by atoms with Crippen LogP contribution in [0.25, 0.3) is 0 Å². The molecule has 0 aromatic heterocycles. The van der Waals surface area contributed by atoms with Crippen molar-refractivity contribution in [1.29, 1.82) is 0 Å². The van der Waals surface area contributed by atoms with Gasteiger partial charge in [0.1, 0.15) is 25.0 Å². The molecule has 1 aromatic carbocycles. The molecule has 1 fully saturated rings. The number of rotatable bonds is 5. The smallest absolute Gasteiger partial charge is 0.137 e. The highest BCUT2D eigenvalue weighted by Crippen LogP contribution is 2.13. The van der Waals surface area contributed by atoms with Gasteiger partial charge in [-0.05, 0) is 25.5 Å². The standard InChI is InChI=1S/C17H27NO2/c1-13-4-6-17(7-5-13)20-12-16(19)11-18-9-14(2)8-15(3)10-18/h4-7,14-16,19H,8-12H2,1-3H3/p+1/t14-,15-,16-/m0/s1. The highest BCUT2D eigenvalue weighted by molar-refractivity contribution is 5.26. The van der Waals surface area contributed by atoms with Gasteiger partial charge in [-0.25, -0.2) is 0 Å². The van der Waals surface area contributed by atoms with E-state index < -0.39 is 0 Å². The summed E-state index contributed by atoms with van der Waals surface area (Å²) in [5.74, 6) is 2.36. The van der Waals surface area contributed by atoms with Crippen LogP contribution in [0.1, 0.15) is 25.8 Å². The molecule has 112 valence electrons. The lowest BCUT2D eigenvalue weighted by molar-refractivity contribution is -0.915. The molecule has 3 nitrogen and oxygen atoms in total. The number of aryl methyl sites for hydroxylation is 1. The Kier molecular flexibility index (Phi) is 5.44. The molecule has 0 spiro atoms. The van der Waals surface area contributed by atoms with Crippen LogP contribution in [0.3, 0.4) is 0 Å². The number of quaternary nitrogens is 1. The van der Waals surface area contributed by atoms with Gasteiger partial charge in [0.15, 0.2) is 0 Å². The van der Waals surface area contributed by atoms with Crippen molar-refractivity contribution >= 4 is 0 Å². The summed E-state index contributed by atoms with van der Waals surface area (Å²) in [6, 6.07) is 7.97. The number of aliphatic hydroxyl groups is 1. The molecule has 1 heterocycles. The first-order valence-corrected chi connectivity index (χ1v) is 7.74. The Morgan fingerprint density at radius 3 is 2.40 bits per heavy atom. The number of aliphatic hydroxyl groups excluding tert-OH is 1. The number of likely N-dealkylation sites (tertiary alicyclic amines) is 1. The van der Waals surface area contributed by atoms with Crippen LogP contribution in [0.4, 0.5) is 0 Å². The molecule has 0 bridgehead atoms. The molecule has 0 unspecified atom stereocenters. The number of piperidine rings is 1. The van der Waals surface area contributed by atoms with E-state index in [1.807, 2.05) is 24.3 Å². The quantitative estimate of drug-likeness (QED) is 0.851. The van der Waals surface area contributed by atoms with Crippen molar-refractivity contribution in [3.05, 3.63) is 29.8 Å². The maximum atomic E-state index is 10.1. The van der Waals surface area contributed by atoms with Crippen LogP contribution < -0.4 is 9.64 Å². The van der Waals surface area contributed by atoms with Crippen molar-refractivity contribution in [2.24, 2.45) is 11.8 Å². The molecular weight excluding hydrogens is 250 g/mol. The van der Waals surface area contributed by atoms with Gasteiger partial charge in [-0.1, -0.05) is 31.5 Å². The lowest BCUT2D eigenvalue weighted by Crippen LogP contribution is -3.15. The van der Waals surface area contributed by atoms with Gasteiger partial charge >= 0.3 is 0 Å². The summed E-state index contributed by atoms with van der Waals surface area (Å²) in [6.45, 7) is 10.2. The van der Waals surface area contributed by atoms with Crippen LogP contribution in [0.15, 0.2) is 24.3 Å². The van der Waals surface area contributed by atoms with Gasteiger partial charge in [0, 0.05) is 11.8 Å². The first-order valence-electron chi connectivity index (χ1n) is 7.74. The SMILES string of the molecule is Cc1ccc(OC[C@@H](O)C[NH+]2C[C@@H](C)C[C@H](C)C2)cc1. The molecule has 20 heavy (non-hydrogen) atoms. The van der Waals surface area contributed by atoms with E-state index >= 15 is 0 Å². The average molecular weight is 278 g/mol. The van der Waals surface area contributed by atoms with E-state index in [4.69, 9.17) is 4.74 Å². The third-order valence-corrected chi connectivity index (χ3v) is 4.07. The third-order valence-electron chi connectivity index (χ3n) is 4.07. The Morgan fingerprint density at radius 1 is 1.20 bits per heavy atom. The maximum absolute atomic E-state index is 10.1. The molecule has 1 saturated heterocycles. The fourth-order valence-electron chi connectivity index (χ4n) is 3.31. The first kappa shape index (κ1) is 15.3. The predicted molar refractivity (Wildman–Crippen MR) is 81.2 cm³/mol. The molecule has 1 aromatic rings. The van der Waals surface area contributed by atoms with E-state index in [1.54, 1.807) is 0 Å². The molecule has 1 aliphatic heterocycles. The Morgan fingerprint density at radius 2 is 1.80 bits per heavy atom. The summed E-state index contributed by atoms with van der Waals surface area (Å²) in [4.78, 5) is 1.51. The van der Waals surface area contributed by atoms with Gasteiger partial charge in [0.2, 0.25) is 0 Å². The van der Waals surface area contributed by atoms with Crippen molar-refractivity contribution in [2.45, 2.75) is 33.3 Å². The fraction of sp³-hybridized carbons (Fsp3) is 0.647. The molecule has 2 rings (SSSR count). The number of hydrogen-bond acceptors (Lipinski definition) is 2. The van der Waals surface area contributed by atoms with Gasteiger partial charge in [0.25, 0.3) is 0 Å². The van der Waals surface area contributed by atoms with E-state index in [1.165, 1.54) is 30.0 Å². The van der Waals surface area contributed by atoms with Crippen LogP contribution in [0.5, 0.6) is 5.75 Å². The second-order valence-electron chi connectivity index (χ2n) is 6.59. The lowest BCUT2D eigenvalue weighted by Gasteiger charge is -2.33. The van der Waals surface area contributed by atoms with E-state index in [0.29, 0.717) is 6.61 Å².